The second kappa shape index (κ2) is 9.89. The van der Waals surface area contributed by atoms with E-state index >= 15 is 0 Å². The minimum absolute atomic E-state index is 0.541. The molecular formula is C30H32O6S2. The molecule has 8 heteroatoms. The minimum atomic E-state index is 0.541. The van der Waals surface area contributed by atoms with Crippen LogP contribution in [0.15, 0.2) is 12.1 Å². The lowest BCUT2D eigenvalue weighted by molar-refractivity contribution is 0.291. The summed E-state index contributed by atoms with van der Waals surface area (Å²) in [5, 5.41) is 6.96. The average Bonchev–Trinajstić information content (AvgIpc) is 3.49. The van der Waals surface area contributed by atoms with Gasteiger partial charge in [-0.2, -0.15) is 0 Å². The van der Waals surface area contributed by atoms with E-state index in [2.05, 4.69) is 12.1 Å². The summed E-state index contributed by atoms with van der Waals surface area (Å²) in [5.41, 5.74) is 0. The summed E-state index contributed by atoms with van der Waals surface area (Å²) in [4.78, 5) is 0. The zero-order chi connectivity index (χ0) is 26.6. The van der Waals surface area contributed by atoms with Crippen molar-refractivity contribution in [1.82, 2.24) is 0 Å². The highest BCUT2D eigenvalue weighted by Gasteiger charge is 2.32. The molecular weight excluding hydrogens is 520 g/mol. The third-order valence-electron chi connectivity index (χ3n) is 6.68. The van der Waals surface area contributed by atoms with Crippen LogP contribution >= 0.6 is 22.7 Å². The summed E-state index contributed by atoms with van der Waals surface area (Å²) in [5.74, 6) is 4.66. The normalized spacial score (nSPS) is 12.1. The highest BCUT2D eigenvalue weighted by atomic mass is 32.1. The zero-order valence-electron chi connectivity index (χ0n) is 22.7. The van der Waals surface area contributed by atoms with Gasteiger partial charge >= 0.3 is 0 Å². The lowest BCUT2D eigenvalue weighted by atomic mass is 9.93. The molecule has 4 aromatic carbocycles. The first-order valence-electron chi connectivity index (χ1n) is 13.4. The SMILES string of the molecule is CCOc1cc2c3cc(OCC)c(OCC)c4sc5c(OCC)c(OCC)c6sc(c1OCC)c2c6c5c43. The first-order valence-corrected chi connectivity index (χ1v) is 15.1. The van der Waals surface area contributed by atoms with Gasteiger partial charge in [0.05, 0.1) is 58.4 Å². The van der Waals surface area contributed by atoms with Crippen LogP contribution in [0.4, 0.5) is 0 Å². The van der Waals surface area contributed by atoms with Gasteiger partial charge < -0.3 is 28.4 Å². The van der Waals surface area contributed by atoms with E-state index < -0.39 is 0 Å². The van der Waals surface area contributed by atoms with E-state index in [1.807, 2.05) is 41.5 Å². The van der Waals surface area contributed by atoms with Crippen LogP contribution in [0.5, 0.6) is 34.5 Å². The standard InChI is InChI=1S/C30H32O6S2/c1-7-31-17-13-15-16-14-18(32-8-2)24(34-10-4)28-20(16)22-21-19(15)27(23(17)33-9-3)37-29(21)25(35-11-5)26(36-12-6)30(22)38-28/h13-14H,7-12H2,1-6H3. The Morgan fingerprint density at radius 1 is 0.421 bits per heavy atom. The van der Waals surface area contributed by atoms with Crippen LogP contribution in [0.2, 0.25) is 0 Å². The maximum Gasteiger partial charge on any atom is 0.180 e. The molecule has 0 spiro atoms. The molecule has 6 nitrogen and oxygen atoms in total. The molecule has 200 valence electrons. The van der Waals surface area contributed by atoms with Gasteiger partial charge in [0.1, 0.15) is 0 Å². The summed E-state index contributed by atoms with van der Waals surface area (Å²) >= 11 is 3.39. The van der Waals surface area contributed by atoms with E-state index in [0.717, 1.165) is 64.1 Å². The number of benzene rings is 4. The third-order valence-corrected chi connectivity index (χ3v) is 9.05. The molecule has 0 radical (unpaired) electrons. The van der Waals surface area contributed by atoms with Gasteiger partial charge in [-0.3, -0.25) is 0 Å². The predicted molar refractivity (Wildman–Crippen MR) is 159 cm³/mol. The van der Waals surface area contributed by atoms with E-state index in [1.54, 1.807) is 22.7 Å². The fourth-order valence-electron chi connectivity index (χ4n) is 5.52. The first kappa shape index (κ1) is 25.2. The number of thiophene rings is 2. The summed E-state index contributed by atoms with van der Waals surface area (Å²) in [6.45, 7) is 15.3. The fraction of sp³-hybridized carbons (Fsp3) is 0.400. The van der Waals surface area contributed by atoms with E-state index in [-0.39, 0.29) is 0 Å². The fourth-order valence-corrected chi connectivity index (χ4v) is 8.17. The van der Waals surface area contributed by atoms with Crippen molar-refractivity contribution in [2.75, 3.05) is 39.6 Å². The molecule has 2 aromatic heterocycles. The van der Waals surface area contributed by atoms with Gasteiger partial charge in [-0.15, -0.1) is 22.7 Å². The third kappa shape index (κ3) is 3.42. The average molecular weight is 553 g/mol. The van der Waals surface area contributed by atoms with E-state index in [0.29, 0.717) is 39.6 Å². The number of rotatable bonds is 12. The minimum Gasteiger partial charge on any atom is -0.490 e. The van der Waals surface area contributed by atoms with Gasteiger partial charge in [0, 0.05) is 21.5 Å². The van der Waals surface area contributed by atoms with Gasteiger partial charge in [-0.1, -0.05) is 0 Å². The molecule has 0 aliphatic heterocycles. The Morgan fingerprint density at radius 3 is 1.08 bits per heavy atom. The molecule has 0 saturated heterocycles. The Balaban J connectivity index is 1.93. The molecule has 6 aromatic rings. The Hall–Kier alpha value is -3.10. The first-order chi connectivity index (χ1) is 18.6. The predicted octanol–water partition coefficient (Wildman–Crippen LogP) is 8.84. The lowest BCUT2D eigenvalue weighted by Crippen LogP contribution is -2.00. The van der Waals surface area contributed by atoms with Crippen LogP contribution in [0.25, 0.3) is 51.1 Å². The number of fused-ring (bicyclic) bond motifs is 1. The van der Waals surface area contributed by atoms with Crippen LogP contribution < -0.4 is 28.4 Å². The number of ether oxygens (including phenoxy) is 6. The van der Waals surface area contributed by atoms with E-state index in [9.17, 15) is 0 Å². The molecule has 0 bridgehead atoms. The summed E-state index contributed by atoms with van der Waals surface area (Å²) in [7, 11) is 0. The molecule has 0 saturated carbocycles. The topological polar surface area (TPSA) is 55.4 Å². The van der Waals surface area contributed by atoms with Crippen molar-refractivity contribution >= 4 is 73.8 Å². The maximum atomic E-state index is 6.33. The van der Waals surface area contributed by atoms with Crippen LogP contribution in [0, 0.1) is 0 Å². The molecule has 2 heterocycles. The molecule has 0 fully saturated rings. The largest absolute Gasteiger partial charge is 0.490 e. The van der Waals surface area contributed by atoms with Crippen molar-refractivity contribution in [3.63, 3.8) is 0 Å². The van der Waals surface area contributed by atoms with Crippen molar-refractivity contribution in [2.45, 2.75) is 41.5 Å². The number of hydrogen-bond acceptors (Lipinski definition) is 8. The summed E-state index contributed by atoms with van der Waals surface area (Å²) in [6.07, 6.45) is 0. The Morgan fingerprint density at radius 2 is 0.737 bits per heavy atom. The van der Waals surface area contributed by atoms with Crippen LogP contribution in [0.1, 0.15) is 41.5 Å². The molecule has 38 heavy (non-hydrogen) atoms. The Labute approximate surface area is 229 Å². The van der Waals surface area contributed by atoms with E-state index in [4.69, 9.17) is 28.4 Å². The number of hydrogen-bond donors (Lipinski definition) is 0. The quantitative estimate of drug-likeness (QED) is 0.141. The lowest BCUT2D eigenvalue weighted by Gasteiger charge is -2.18. The molecule has 0 aliphatic carbocycles. The van der Waals surface area contributed by atoms with Crippen molar-refractivity contribution in [3.8, 4) is 34.5 Å². The van der Waals surface area contributed by atoms with E-state index in [1.165, 1.54) is 21.5 Å². The second-order valence-electron chi connectivity index (χ2n) is 8.78. The van der Waals surface area contributed by atoms with Crippen molar-refractivity contribution < 1.29 is 28.4 Å². The highest BCUT2D eigenvalue weighted by Crippen LogP contribution is 2.62. The van der Waals surface area contributed by atoms with Gasteiger partial charge in [0.2, 0.25) is 0 Å². The Kier molecular flexibility index (Phi) is 6.56. The van der Waals surface area contributed by atoms with Crippen molar-refractivity contribution in [1.29, 1.82) is 0 Å². The Bertz CT molecular complexity index is 1620. The summed E-state index contributed by atoms with van der Waals surface area (Å²) in [6, 6.07) is 4.27. The van der Waals surface area contributed by atoms with Gasteiger partial charge in [0.25, 0.3) is 0 Å². The monoisotopic (exact) mass is 552 g/mol. The van der Waals surface area contributed by atoms with Gasteiger partial charge in [-0.25, -0.2) is 0 Å². The smallest absolute Gasteiger partial charge is 0.180 e. The second-order valence-corrected chi connectivity index (χ2v) is 10.8. The molecule has 6 rings (SSSR count). The van der Waals surface area contributed by atoms with Gasteiger partial charge in [0.15, 0.2) is 34.5 Å². The zero-order valence-corrected chi connectivity index (χ0v) is 24.3. The van der Waals surface area contributed by atoms with Gasteiger partial charge in [-0.05, 0) is 64.4 Å². The molecule has 0 unspecified atom stereocenters. The highest BCUT2D eigenvalue weighted by molar-refractivity contribution is 7.29. The molecule has 0 N–H and O–H groups in total. The molecule has 0 aliphatic rings. The van der Waals surface area contributed by atoms with Crippen molar-refractivity contribution in [2.24, 2.45) is 0 Å². The van der Waals surface area contributed by atoms with Crippen LogP contribution in [-0.2, 0) is 0 Å². The molecule has 0 amide bonds. The van der Waals surface area contributed by atoms with Crippen molar-refractivity contribution in [3.05, 3.63) is 12.1 Å². The van der Waals surface area contributed by atoms with Crippen LogP contribution in [-0.4, -0.2) is 39.6 Å². The summed E-state index contributed by atoms with van der Waals surface area (Å²) < 4.78 is 41.7. The van der Waals surface area contributed by atoms with Crippen LogP contribution in [0.3, 0.4) is 0 Å². The maximum absolute atomic E-state index is 6.33. The molecule has 0 atom stereocenters.